The number of unbranched alkanes of at least 4 members (excludes halogenated alkanes) is 2. The number of esters is 1. The topological polar surface area (TPSA) is 46.5 Å². The minimum absolute atomic E-state index is 0.0922. The number of aliphatic hydroxyl groups is 1. The van der Waals surface area contributed by atoms with Crippen molar-refractivity contribution in [1.82, 2.24) is 0 Å². The van der Waals surface area contributed by atoms with Crippen molar-refractivity contribution in [3.05, 3.63) is 71.3 Å². The average Bonchev–Trinajstić information content (AvgIpc) is 2.89. The Hall–Kier alpha value is -2.39. The molecule has 3 heteroatoms. The van der Waals surface area contributed by atoms with Crippen molar-refractivity contribution in [1.29, 1.82) is 0 Å². The fraction of sp³-hybridized carbons (Fsp3) is 0.516. The molecule has 1 fully saturated rings. The Morgan fingerprint density at radius 2 is 1.68 bits per heavy atom. The Labute approximate surface area is 206 Å². The van der Waals surface area contributed by atoms with Gasteiger partial charge in [0.2, 0.25) is 0 Å². The fourth-order valence-corrected chi connectivity index (χ4v) is 5.21. The lowest BCUT2D eigenvalue weighted by atomic mass is 9.77. The number of ether oxygens (including phenoxy) is 1. The van der Waals surface area contributed by atoms with E-state index in [1.807, 2.05) is 0 Å². The van der Waals surface area contributed by atoms with Crippen molar-refractivity contribution in [2.45, 2.75) is 84.0 Å². The predicted molar refractivity (Wildman–Crippen MR) is 141 cm³/mol. The fourth-order valence-electron chi connectivity index (χ4n) is 5.21. The molecule has 0 heterocycles. The van der Waals surface area contributed by atoms with Gasteiger partial charge >= 0.3 is 5.97 Å². The molecule has 1 aliphatic rings. The van der Waals surface area contributed by atoms with Crippen LogP contribution in [0.1, 0.15) is 87.8 Å². The zero-order valence-corrected chi connectivity index (χ0v) is 21.2. The Bertz CT molecular complexity index is 920. The summed E-state index contributed by atoms with van der Waals surface area (Å²) in [6.45, 7) is 7.87. The van der Waals surface area contributed by atoms with Gasteiger partial charge in [0.25, 0.3) is 0 Å². The number of hydrogen-bond acceptors (Lipinski definition) is 3. The first-order valence-electron chi connectivity index (χ1n) is 13.2. The highest BCUT2D eigenvalue weighted by molar-refractivity contribution is 5.87. The Morgan fingerprint density at radius 3 is 2.32 bits per heavy atom. The van der Waals surface area contributed by atoms with Gasteiger partial charge in [-0.25, -0.2) is 4.79 Å². The molecule has 0 bridgehead atoms. The van der Waals surface area contributed by atoms with E-state index in [1.54, 1.807) is 0 Å². The number of aliphatic hydroxyl groups excluding tert-OH is 1. The van der Waals surface area contributed by atoms with Crippen LogP contribution in [0.25, 0.3) is 11.1 Å². The number of aryl methyl sites for hydroxylation is 1. The van der Waals surface area contributed by atoms with Gasteiger partial charge in [-0.05, 0) is 71.8 Å². The maximum atomic E-state index is 11.7. The maximum Gasteiger partial charge on any atom is 0.335 e. The van der Waals surface area contributed by atoms with E-state index in [4.69, 9.17) is 9.84 Å². The van der Waals surface area contributed by atoms with E-state index < -0.39 is 5.97 Å². The number of benzene rings is 2. The third kappa shape index (κ3) is 7.30. The molecular weight excluding hydrogens is 420 g/mol. The molecule has 0 unspecified atom stereocenters. The molecule has 0 aliphatic heterocycles. The first-order valence-corrected chi connectivity index (χ1v) is 13.2. The highest BCUT2D eigenvalue weighted by atomic mass is 16.5. The van der Waals surface area contributed by atoms with Crippen molar-refractivity contribution in [2.75, 3.05) is 13.2 Å². The van der Waals surface area contributed by atoms with E-state index in [-0.39, 0.29) is 12.2 Å². The van der Waals surface area contributed by atoms with Gasteiger partial charge in [-0.2, -0.15) is 0 Å². The van der Waals surface area contributed by atoms with Gasteiger partial charge in [0.05, 0.1) is 18.8 Å². The normalized spacial score (nSPS) is 18.0. The molecule has 2 aromatic carbocycles. The molecule has 34 heavy (non-hydrogen) atoms. The molecule has 1 aliphatic carbocycles. The minimum atomic E-state index is -0.526. The highest BCUT2D eigenvalue weighted by Gasteiger charge is 2.22. The molecule has 0 saturated heterocycles. The predicted octanol–water partition coefficient (Wildman–Crippen LogP) is 7.40. The summed E-state index contributed by atoms with van der Waals surface area (Å²) < 4.78 is 5.22. The molecule has 1 saturated carbocycles. The number of rotatable bonds is 12. The van der Waals surface area contributed by atoms with Gasteiger partial charge in [0.15, 0.2) is 0 Å². The summed E-state index contributed by atoms with van der Waals surface area (Å²) >= 11 is 0. The van der Waals surface area contributed by atoms with Gasteiger partial charge in [0, 0.05) is 6.42 Å². The van der Waals surface area contributed by atoms with E-state index >= 15 is 0 Å². The van der Waals surface area contributed by atoms with Crippen LogP contribution < -0.4 is 0 Å². The second-order valence-electron chi connectivity index (χ2n) is 9.82. The van der Waals surface area contributed by atoms with Crippen LogP contribution >= 0.6 is 0 Å². The van der Waals surface area contributed by atoms with E-state index in [2.05, 4.69) is 62.9 Å². The Morgan fingerprint density at radius 1 is 0.971 bits per heavy atom. The monoisotopic (exact) mass is 462 g/mol. The molecule has 0 amide bonds. The summed E-state index contributed by atoms with van der Waals surface area (Å²) in [7, 11) is 0. The zero-order chi connectivity index (χ0) is 24.3. The van der Waals surface area contributed by atoms with Crippen LogP contribution in [0.15, 0.2) is 54.6 Å². The Kier molecular flexibility index (Phi) is 10.4. The lowest BCUT2D eigenvalue weighted by molar-refractivity contribution is -0.139. The number of carbonyl (C=O) groups excluding carboxylic acids is 1. The van der Waals surface area contributed by atoms with Gasteiger partial charge in [0.1, 0.15) is 0 Å². The molecule has 2 aromatic rings. The van der Waals surface area contributed by atoms with E-state index in [0.29, 0.717) is 13.0 Å². The first kappa shape index (κ1) is 26.2. The molecule has 1 N–H and O–H groups in total. The molecule has 3 rings (SSSR count). The van der Waals surface area contributed by atoms with Crippen LogP contribution in [0.5, 0.6) is 0 Å². The van der Waals surface area contributed by atoms with Gasteiger partial charge in [-0.1, -0.05) is 88.6 Å². The van der Waals surface area contributed by atoms with Crippen molar-refractivity contribution >= 4 is 5.97 Å². The van der Waals surface area contributed by atoms with Crippen LogP contribution in [0.2, 0.25) is 0 Å². The van der Waals surface area contributed by atoms with E-state index in [1.165, 1.54) is 79.2 Å². The zero-order valence-electron chi connectivity index (χ0n) is 21.2. The third-order valence-corrected chi connectivity index (χ3v) is 7.45. The van der Waals surface area contributed by atoms with Crippen molar-refractivity contribution < 1.29 is 14.6 Å². The van der Waals surface area contributed by atoms with Crippen LogP contribution in [0.4, 0.5) is 0 Å². The average molecular weight is 463 g/mol. The second kappa shape index (κ2) is 13.5. The SMILES string of the molecule is C=C(CO)C(=O)OCCc1ccc(-c2ccc(C3CCC(CCCCC)CC3)cc2)cc1CC. The molecule has 0 atom stereocenters. The lowest BCUT2D eigenvalue weighted by Gasteiger charge is -2.29. The first-order chi connectivity index (χ1) is 16.5. The van der Waals surface area contributed by atoms with Gasteiger partial charge < -0.3 is 9.84 Å². The number of hydrogen-bond donors (Lipinski definition) is 1. The minimum Gasteiger partial charge on any atom is -0.462 e. The summed E-state index contributed by atoms with van der Waals surface area (Å²) in [5.41, 5.74) is 6.55. The summed E-state index contributed by atoms with van der Waals surface area (Å²) in [5.74, 6) is 1.14. The molecule has 3 nitrogen and oxygen atoms in total. The van der Waals surface area contributed by atoms with Crippen molar-refractivity contribution in [3.63, 3.8) is 0 Å². The summed E-state index contributed by atoms with van der Waals surface area (Å²) in [5, 5.41) is 8.98. The van der Waals surface area contributed by atoms with Gasteiger partial charge in [-0.15, -0.1) is 0 Å². The largest absolute Gasteiger partial charge is 0.462 e. The second-order valence-corrected chi connectivity index (χ2v) is 9.82. The lowest BCUT2D eigenvalue weighted by Crippen LogP contribution is -2.13. The quantitative estimate of drug-likeness (QED) is 0.203. The van der Waals surface area contributed by atoms with Crippen molar-refractivity contribution in [3.8, 4) is 11.1 Å². The smallest absolute Gasteiger partial charge is 0.335 e. The summed E-state index contributed by atoms with van der Waals surface area (Å²) in [4.78, 5) is 11.7. The Balaban J connectivity index is 1.57. The third-order valence-electron chi connectivity index (χ3n) is 7.45. The van der Waals surface area contributed by atoms with E-state index in [9.17, 15) is 4.79 Å². The van der Waals surface area contributed by atoms with Crippen molar-refractivity contribution in [2.24, 2.45) is 5.92 Å². The van der Waals surface area contributed by atoms with Crippen LogP contribution in [0, 0.1) is 5.92 Å². The summed E-state index contributed by atoms with van der Waals surface area (Å²) in [6, 6.07) is 15.8. The van der Waals surface area contributed by atoms with Gasteiger partial charge in [-0.3, -0.25) is 0 Å². The molecule has 0 spiro atoms. The standard InChI is InChI=1S/C31H42O3/c1-4-6-7-8-24-9-11-26(12-10-24)27-13-15-28(16-14-27)30-18-17-29(25(5-2)21-30)19-20-34-31(33)23(3)22-32/h13-18,21,24,26,32H,3-12,19-20,22H2,1-2H3. The van der Waals surface area contributed by atoms with E-state index in [0.717, 1.165) is 18.3 Å². The number of carbonyl (C=O) groups is 1. The van der Waals surface area contributed by atoms with Crippen LogP contribution in [-0.4, -0.2) is 24.3 Å². The molecule has 184 valence electrons. The van der Waals surface area contributed by atoms with Crippen LogP contribution in [0.3, 0.4) is 0 Å². The van der Waals surface area contributed by atoms with Crippen LogP contribution in [-0.2, 0) is 22.4 Å². The molecule has 0 aromatic heterocycles. The molecular formula is C31H42O3. The molecule has 0 radical (unpaired) electrons. The maximum absolute atomic E-state index is 11.7. The highest BCUT2D eigenvalue weighted by Crippen LogP contribution is 2.38. The summed E-state index contributed by atoms with van der Waals surface area (Å²) in [6.07, 6.45) is 12.6.